The summed E-state index contributed by atoms with van der Waals surface area (Å²) in [5.41, 5.74) is 3.35. The van der Waals surface area contributed by atoms with Gasteiger partial charge in [-0.25, -0.2) is 0 Å². The summed E-state index contributed by atoms with van der Waals surface area (Å²) in [7, 11) is 0. The fourth-order valence-corrected chi connectivity index (χ4v) is 3.88. The molecule has 6 heteroatoms. The molecule has 1 atom stereocenters. The van der Waals surface area contributed by atoms with E-state index in [2.05, 4.69) is 11.4 Å². The first-order valence-corrected chi connectivity index (χ1v) is 10.3. The Morgan fingerprint density at radius 1 is 1.19 bits per heavy atom. The van der Waals surface area contributed by atoms with Crippen LogP contribution < -0.4 is 5.32 Å². The lowest BCUT2D eigenvalue weighted by Crippen LogP contribution is -2.32. The smallest absolute Gasteiger partial charge is 0.262 e. The third kappa shape index (κ3) is 4.50. The summed E-state index contributed by atoms with van der Waals surface area (Å²) in [6.07, 6.45) is 5.48. The van der Waals surface area contributed by atoms with Crippen molar-refractivity contribution in [2.24, 2.45) is 0 Å². The zero-order chi connectivity index (χ0) is 21.6. The Bertz CT molecular complexity index is 1220. The molecule has 1 N–H and O–H groups in total. The number of carbonyl (C=O) groups excluding carboxylic acids is 1. The summed E-state index contributed by atoms with van der Waals surface area (Å²) in [4.78, 5) is 12.6. The molecular weight excluding hydrogens is 388 g/mol. The number of nitriles is 2. The topological polar surface area (TPSA) is 90.8 Å². The van der Waals surface area contributed by atoms with Gasteiger partial charge in [0.25, 0.3) is 5.91 Å². The average Bonchev–Trinajstić information content (AvgIpc) is 3.45. The molecule has 1 aliphatic heterocycles. The van der Waals surface area contributed by atoms with E-state index in [1.54, 1.807) is 12.1 Å². The maximum Gasteiger partial charge on any atom is 0.262 e. The molecule has 1 fully saturated rings. The molecule has 31 heavy (non-hydrogen) atoms. The molecule has 1 amide bonds. The predicted octanol–water partition coefficient (Wildman–Crippen LogP) is 3.76. The molecule has 1 saturated heterocycles. The van der Waals surface area contributed by atoms with E-state index in [1.165, 1.54) is 0 Å². The standard InChI is InChI=1S/C25H22N4O2/c26-13-18-6-1-2-7-19(18)16-29-17-21(23-9-3-4-10-24(23)29)12-20(14-27)25(30)28-15-22-8-5-11-31-22/h1-4,6-7,9-10,12,17,22H,5,8,11,15-16H2,(H,28,30)/b20-12+. The molecule has 154 valence electrons. The van der Waals surface area contributed by atoms with Crippen molar-refractivity contribution in [3.8, 4) is 12.1 Å². The van der Waals surface area contributed by atoms with Gasteiger partial charge < -0.3 is 14.6 Å². The Labute approximate surface area is 181 Å². The van der Waals surface area contributed by atoms with Gasteiger partial charge in [0.1, 0.15) is 11.6 Å². The summed E-state index contributed by atoms with van der Waals surface area (Å²) in [5.74, 6) is -0.398. The van der Waals surface area contributed by atoms with Gasteiger partial charge in [-0.05, 0) is 36.6 Å². The van der Waals surface area contributed by atoms with Crippen molar-refractivity contribution >= 4 is 22.9 Å². The highest BCUT2D eigenvalue weighted by atomic mass is 16.5. The van der Waals surface area contributed by atoms with Gasteiger partial charge >= 0.3 is 0 Å². The van der Waals surface area contributed by atoms with Gasteiger partial charge in [-0.15, -0.1) is 0 Å². The first kappa shape index (κ1) is 20.4. The number of para-hydroxylation sites is 1. The number of nitrogens with one attached hydrogen (secondary N) is 1. The van der Waals surface area contributed by atoms with Gasteiger partial charge in [-0.3, -0.25) is 4.79 Å². The molecular formula is C25H22N4O2. The van der Waals surface area contributed by atoms with Crippen LogP contribution in [0.5, 0.6) is 0 Å². The highest BCUT2D eigenvalue weighted by Gasteiger charge is 2.18. The lowest BCUT2D eigenvalue weighted by atomic mass is 10.1. The Hall–Kier alpha value is -3.87. The van der Waals surface area contributed by atoms with Crippen LogP contribution >= 0.6 is 0 Å². The second-order valence-corrected chi connectivity index (χ2v) is 7.51. The van der Waals surface area contributed by atoms with Crippen LogP contribution in [0, 0.1) is 22.7 Å². The first-order valence-electron chi connectivity index (χ1n) is 10.3. The van der Waals surface area contributed by atoms with Crippen LogP contribution in [0.3, 0.4) is 0 Å². The second-order valence-electron chi connectivity index (χ2n) is 7.51. The lowest BCUT2D eigenvalue weighted by Gasteiger charge is -2.10. The van der Waals surface area contributed by atoms with Crippen LogP contribution in [0.2, 0.25) is 0 Å². The highest BCUT2D eigenvalue weighted by Crippen LogP contribution is 2.25. The molecule has 6 nitrogen and oxygen atoms in total. The quantitative estimate of drug-likeness (QED) is 0.495. The number of carbonyl (C=O) groups is 1. The average molecular weight is 410 g/mol. The molecule has 1 aromatic heterocycles. The van der Waals surface area contributed by atoms with Gasteiger partial charge in [0, 0.05) is 42.4 Å². The number of amides is 1. The molecule has 0 aliphatic carbocycles. The molecule has 0 bridgehead atoms. The summed E-state index contributed by atoms with van der Waals surface area (Å²) in [6.45, 7) is 1.64. The molecule has 2 aromatic carbocycles. The first-order chi connectivity index (χ1) is 15.2. The van der Waals surface area contributed by atoms with Crippen molar-refractivity contribution < 1.29 is 9.53 Å². The summed E-state index contributed by atoms with van der Waals surface area (Å²) in [6, 6.07) is 19.6. The zero-order valence-electron chi connectivity index (χ0n) is 17.0. The summed E-state index contributed by atoms with van der Waals surface area (Å²) in [5, 5.41) is 22.7. The van der Waals surface area contributed by atoms with Gasteiger partial charge in [0.2, 0.25) is 0 Å². The molecule has 3 aromatic rings. The number of ether oxygens (including phenoxy) is 1. The van der Waals surface area contributed by atoms with Crippen LogP contribution in [0.4, 0.5) is 0 Å². The second kappa shape index (κ2) is 9.30. The van der Waals surface area contributed by atoms with E-state index in [0.29, 0.717) is 18.7 Å². The zero-order valence-corrected chi connectivity index (χ0v) is 17.0. The van der Waals surface area contributed by atoms with E-state index in [-0.39, 0.29) is 11.7 Å². The highest BCUT2D eigenvalue weighted by molar-refractivity contribution is 6.04. The number of aromatic nitrogens is 1. The van der Waals surface area contributed by atoms with E-state index in [9.17, 15) is 15.3 Å². The van der Waals surface area contributed by atoms with Gasteiger partial charge in [-0.1, -0.05) is 36.4 Å². The van der Waals surface area contributed by atoms with Crippen LogP contribution in [0.1, 0.15) is 29.5 Å². The SMILES string of the molecule is N#C/C(=C\c1cn(Cc2ccccc2C#N)c2ccccc12)C(=O)NCC1CCCO1. The van der Waals surface area contributed by atoms with Gasteiger partial charge in [-0.2, -0.15) is 10.5 Å². The van der Waals surface area contributed by atoms with Gasteiger partial charge in [0.15, 0.2) is 0 Å². The maximum absolute atomic E-state index is 12.6. The minimum Gasteiger partial charge on any atom is -0.376 e. The molecule has 2 heterocycles. The van der Waals surface area contributed by atoms with E-state index < -0.39 is 5.91 Å². The largest absolute Gasteiger partial charge is 0.376 e. The van der Waals surface area contributed by atoms with Crippen LogP contribution in [0.15, 0.2) is 60.3 Å². The molecule has 4 rings (SSSR count). The monoisotopic (exact) mass is 410 g/mol. The Kier molecular flexibility index (Phi) is 6.12. The minimum atomic E-state index is -0.398. The number of nitrogens with zero attached hydrogens (tertiary/aromatic N) is 3. The van der Waals surface area contributed by atoms with Crippen LogP contribution in [-0.2, 0) is 16.1 Å². The number of hydrogen-bond acceptors (Lipinski definition) is 4. The number of fused-ring (bicyclic) bond motifs is 1. The van der Waals surface area contributed by atoms with Crippen molar-refractivity contribution in [1.82, 2.24) is 9.88 Å². The number of hydrogen-bond donors (Lipinski definition) is 1. The maximum atomic E-state index is 12.6. The summed E-state index contributed by atoms with van der Waals surface area (Å²) < 4.78 is 7.57. The van der Waals surface area contributed by atoms with Crippen molar-refractivity contribution in [2.75, 3.05) is 13.2 Å². The predicted molar refractivity (Wildman–Crippen MR) is 118 cm³/mol. The van der Waals surface area contributed by atoms with Crippen LogP contribution in [0.25, 0.3) is 17.0 Å². The summed E-state index contributed by atoms with van der Waals surface area (Å²) >= 11 is 0. The van der Waals surface area contributed by atoms with E-state index >= 15 is 0 Å². The van der Waals surface area contributed by atoms with E-state index in [4.69, 9.17) is 4.74 Å². The molecule has 0 spiro atoms. The van der Waals surface area contributed by atoms with Crippen molar-refractivity contribution in [1.29, 1.82) is 10.5 Å². The Morgan fingerprint density at radius 3 is 2.77 bits per heavy atom. The molecule has 1 unspecified atom stereocenters. The molecule has 1 aliphatic rings. The third-order valence-corrected chi connectivity index (χ3v) is 5.48. The molecule has 0 radical (unpaired) electrons. The molecule has 0 saturated carbocycles. The Morgan fingerprint density at radius 2 is 2.00 bits per heavy atom. The number of benzene rings is 2. The van der Waals surface area contributed by atoms with E-state index in [0.717, 1.165) is 41.5 Å². The lowest BCUT2D eigenvalue weighted by molar-refractivity contribution is -0.117. The Balaban J connectivity index is 1.63. The van der Waals surface area contributed by atoms with Gasteiger partial charge in [0.05, 0.1) is 17.7 Å². The van der Waals surface area contributed by atoms with Crippen molar-refractivity contribution in [3.63, 3.8) is 0 Å². The normalized spacial score (nSPS) is 16.1. The van der Waals surface area contributed by atoms with Crippen molar-refractivity contribution in [2.45, 2.75) is 25.5 Å². The third-order valence-electron chi connectivity index (χ3n) is 5.48. The number of rotatable bonds is 6. The van der Waals surface area contributed by atoms with Crippen LogP contribution in [-0.4, -0.2) is 29.7 Å². The van der Waals surface area contributed by atoms with E-state index in [1.807, 2.05) is 59.3 Å². The fraction of sp³-hybridized carbons (Fsp3) is 0.240. The fourth-order valence-electron chi connectivity index (χ4n) is 3.88. The minimum absolute atomic E-state index is 0.0195. The van der Waals surface area contributed by atoms with Crippen molar-refractivity contribution in [3.05, 3.63) is 77.0 Å².